The second-order valence-electron chi connectivity index (χ2n) is 5.75. The van der Waals surface area contributed by atoms with Crippen LogP contribution in [0.1, 0.15) is 6.42 Å². The Morgan fingerprint density at radius 3 is 2.73 bits per heavy atom. The molecule has 2 aliphatic rings. The van der Waals surface area contributed by atoms with Crippen molar-refractivity contribution in [2.45, 2.75) is 12.6 Å². The van der Waals surface area contributed by atoms with Gasteiger partial charge in [-0.2, -0.15) is 0 Å². The summed E-state index contributed by atoms with van der Waals surface area (Å²) in [5, 5.41) is 3.47. The van der Waals surface area contributed by atoms with E-state index in [9.17, 15) is 4.79 Å². The molecular formula is C15H18ClN5O. The van der Waals surface area contributed by atoms with Crippen LogP contribution in [0.5, 0.6) is 0 Å². The van der Waals surface area contributed by atoms with Gasteiger partial charge in [-0.3, -0.25) is 19.7 Å². The molecule has 2 aromatic rings. The van der Waals surface area contributed by atoms with E-state index in [1.54, 1.807) is 30.1 Å². The SMILES string of the molecule is Cl.Cn1c(N2CC3CN[C@@H]2C3)nc(-c2ccncc2)cc1=O. The molecule has 6 nitrogen and oxygen atoms in total. The lowest BCUT2D eigenvalue weighted by atomic mass is 10.2. The van der Waals surface area contributed by atoms with E-state index in [0.29, 0.717) is 17.8 Å². The van der Waals surface area contributed by atoms with Crippen LogP contribution in [0.25, 0.3) is 11.3 Å². The number of hydrogen-bond donors (Lipinski definition) is 1. The molecule has 0 amide bonds. The summed E-state index contributed by atoms with van der Waals surface area (Å²) in [6, 6.07) is 5.33. The number of halogens is 1. The molecule has 2 atom stereocenters. The van der Waals surface area contributed by atoms with Gasteiger partial charge in [-0.15, -0.1) is 12.4 Å². The first-order valence-corrected chi connectivity index (χ1v) is 7.21. The Morgan fingerprint density at radius 2 is 2.09 bits per heavy atom. The molecule has 22 heavy (non-hydrogen) atoms. The first-order valence-electron chi connectivity index (χ1n) is 7.21. The van der Waals surface area contributed by atoms with Crippen LogP contribution < -0.4 is 15.8 Å². The summed E-state index contributed by atoms with van der Waals surface area (Å²) in [5.74, 6) is 1.41. The average Bonchev–Trinajstić information content (AvgIpc) is 3.13. The van der Waals surface area contributed by atoms with Crippen LogP contribution in [0, 0.1) is 5.92 Å². The van der Waals surface area contributed by atoms with Crippen molar-refractivity contribution in [3.05, 3.63) is 40.9 Å². The summed E-state index contributed by atoms with van der Waals surface area (Å²) in [4.78, 5) is 23.2. The Kier molecular flexibility index (Phi) is 3.88. The third-order valence-electron chi connectivity index (χ3n) is 4.37. The second kappa shape index (κ2) is 5.70. The largest absolute Gasteiger partial charge is 0.326 e. The van der Waals surface area contributed by atoms with E-state index < -0.39 is 0 Å². The maximum Gasteiger partial charge on any atom is 0.255 e. The number of fused-ring (bicyclic) bond motifs is 2. The normalized spacial score (nSPS) is 22.7. The van der Waals surface area contributed by atoms with E-state index >= 15 is 0 Å². The van der Waals surface area contributed by atoms with Crippen molar-refractivity contribution in [2.24, 2.45) is 13.0 Å². The number of hydrogen-bond acceptors (Lipinski definition) is 5. The Hall–Kier alpha value is -1.92. The van der Waals surface area contributed by atoms with Gasteiger partial charge in [-0.05, 0) is 24.5 Å². The lowest BCUT2D eigenvalue weighted by Crippen LogP contribution is -2.46. The van der Waals surface area contributed by atoms with Crippen LogP contribution in [0.15, 0.2) is 35.4 Å². The van der Waals surface area contributed by atoms with E-state index in [-0.39, 0.29) is 18.0 Å². The number of pyridine rings is 1. The average molecular weight is 320 g/mol. The topological polar surface area (TPSA) is 63.1 Å². The van der Waals surface area contributed by atoms with Crippen molar-refractivity contribution in [2.75, 3.05) is 18.0 Å². The molecule has 2 bridgehead atoms. The van der Waals surface area contributed by atoms with Crippen LogP contribution in [-0.4, -0.2) is 33.8 Å². The Morgan fingerprint density at radius 1 is 1.32 bits per heavy atom. The van der Waals surface area contributed by atoms with E-state index in [1.807, 2.05) is 12.1 Å². The Bertz CT molecular complexity index is 732. The second-order valence-corrected chi connectivity index (χ2v) is 5.75. The van der Waals surface area contributed by atoms with Crippen LogP contribution >= 0.6 is 12.4 Å². The number of nitrogens with one attached hydrogen (secondary N) is 1. The third-order valence-corrected chi connectivity index (χ3v) is 4.37. The number of aromatic nitrogens is 3. The van der Waals surface area contributed by atoms with Gasteiger partial charge in [0.25, 0.3) is 5.56 Å². The summed E-state index contributed by atoms with van der Waals surface area (Å²) < 4.78 is 1.63. The van der Waals surface area contributed by atoms with Gasteiger partial charge in [0, 0.05) is 44.2 Å². The highest BCUT2D eigenvalue weighted by atomic mass is 35.5. The van der Waals surface area contributed by atoms with E-state index in [1.165, 1.54) is 0 Å². The van der Waals surface area contributed by atoms with Crippen LogP contribution in [0.3, 0.4) is 0 Å². The highest BCUT2D eigenvalue weighted by molar-refractivity contribution is 5.85. The lowest BCUT2D eigenvalue weighted by Gasteiger charge is -2.30. The molecule has 0 aromatic carbocycles. The molecule has 0 radical (unpaired) electrons. The molecule has 0 saturated carbocycles. The van der Waals surface area contributed by atoms with Crippen molar-refractivity contribution in [1.29, 1.82) is 0 Å². The monoisotopic (exact) mass is 319 g/mol. The summed E-state index contributed by atoms with van der Waals surface area (Å²) in [7, 11) is 1.78. The smallest absolute Gasteiger partial charge is 0.255 e. The standard InChI is InChI=1S/C15H17N5O.ClH/c1-19-14(21)7-12(11-2-4-16-5-3-11)18-15(19)20-9-10-6-13(20)17-8-10;/h2-5,7,10,13,17H,6,8-9H2,1H3;1H/t10?,13-;/m0./s1. The fraction of sp³-hybridized carbons (Fsp3) is 0.400. The highest BCUT2D eigenvalue weighted by Gasteiger charge is 2.39. The molecule has 2 fully saturated rings. The van der Waals surface area contributed by atoms with Crippen molar-refractivity contribution in [3.8, 4) is 11.3 Å². The quantitative estimate of drug-likeness (QED) is 0.895. The minimum atomic E-state index is -0.0328. The predicted octanol–water partition coefficient (Wildman–Crippen LogP) is 1.02. The maximum absolute atomic E-state index is 12.3. The third kappa shape index (κ3) is 2.38. The van der Waals surface area contributed by atoms with Crippen molar-refractivity contribution >= 4 is 18.4 Å². The molecule has 0 spiro atoms. The van der Waals surface area contributed by atoms with E-state index in [0.717, 1.165) is 31.0 Å². The zero-order valence-corrected chi connectivity index (χ0v) is 13.1. The predicted molar refractivity (Wildman–Crippen MR) is 87.2 cm³/mol. The van der Waals surface area contributed by atoms with Gasteiger partial charge in [-0.1, -0.05) is 0 Å². The lowest BCUT2D eigenvalue weighted by molar-refractivity contribution is 0.521. The molecule has 7 heteroatoms. The fourth-order valence-corrected chi connectivity index (χ4v) is 3.24. The minimum absolute atomic E-state index is 0. The van der Waals surface area contributed by atoms with Gasteiger partial charge in [0.05, 0.1) is 11.9 Å². The van der Waals surface area contributed by atoms with Gasteiger partial charge in [0.1, 0.15) is 0 Å². The maximum atomic E-state index is 12.3. The van der Waals surface area contributed by atoms with E-state index in [2.05, 4.69) is 15.2 Å². The fourth-order valence-electron chi connectivity index (χ4n) is 3.24. The van der Waals surface area contributed by atoms with Crippen molar-refractivity contribution in [3.63, 3.8) is 0 Å². The van der Waals surface area contributed by atoms with Crippen molar-refractivity contribution in [1.82, 2.24) is 19.9 Å². The summed E-state index contributed by atoms with van der Waals surface area (Å²) in [6.45, 7) is 2.04. The Balaban J connectivity index is 0.00000144. The summed E-state index contributed by atoms with van der Waals surface area (Å²) in [6.07, 6.45) is 4.87. The van der Waals surface area contributed by atoms with Crippen LogP contribution in [-0.2, 0) is 7.05 Å². The molecular weight excluding hydrogens is 302 g/mol. The molecule has 1 N–H and O–H groups in total. The molecule has 1 unspecified atom stereocenters. The van der Waals surface area contributed by atoms with Gasteiger partial charge in [-0.25, -0.2) is 4.98 Å². The minimum Gasteiger partial charge on any atom is -0.326 e. The zero-order valence-electron chi connectivity index (χ0n) is 12.3. The number of rotatable bonds is 2. The van der Waals surface area contributed by atoms with Gasteiger partial charge < -0.3 is 4.90 Å². The first kappa shape index (κ1) is 15.0. The van der Waals surface area contributed by atoms with Gasteiger partial charge in [0.15, 0.2) is 0 Å². The molecule has 4 rings (SSSR count). The molecule has 4 heterocycles. The van der Waals surface area contributed by atoms with Crippen LogP contribution in [0.2, 0.25) is 0 Å². The summed E-state index contributed by atoms with van der Waals surface area (Å²) in [5.41, 5.74) is 1.59. The zero-order chi connectivity index (χ0) is 14.4. The highest BCUT2D eigenvalue weighted by Crippen LogP contribution is 2.30. The molecule has 2 aliphatic heterocycles. The van der Waals surface area contributed by atoms with E-state index in [4.69, 9.17) is 4.98 Å². The molecule has 2 aromatic heterocycles. The van der Waals surface area contributed by atoms with Gasteiger partial charge in [0.2, 0.25) is 5.95 Å². The van der Waals surface area contributed by atoms with Crippen molar-refractivity contribution < 1.29 is 0 Å². The summed E-state index contributed by atoms with van der Waals surface area (Å²) >= 11 is 0. The first-order chi connectivity index (χ1) is 10.2. The number of nitrogens with zero attached hydrogens (tertiary/aromatic N) is 4. The number of anilines is 1. The Labute approximate surface area is 134 Å². The molecule has 2 saturated heterocycles. The van der Waals surface area contributed by atoms with Gasteiger partial charge >= 0.3 is 0 Å². The molecule has 116 valence electrons. The van der Waals surface area contributed by atoms with Crippen LogP contribution in [0.4, 0.5) is 5.95 Å². The molecule has 0 aliphatic carbocycles.